The van der Waals surface area contributed by atoms with Crippen molar-refractivity contribution < 1.29 is 9.13 Å². The summed E-state index contributed by atoms with van der Waals surface area (Å²) in [5.41, 5.74) is 1.18. The van der Waals surface area contributed by atoms with Gasteiger partial charge >= 0.3 is 6.01 Å². The molecule has 2 aromatic rings. The molecule has 0 bridgehead atoms. The van der Waals surface area contributed by atoms with E-state index in [1.165, 1.54) is 6.07 Å². The van der Waals surface area contributed by atoms with Gasteiger partial charge in [-0.05, 0) is 44.5 Å². The second-order valence-corrected chi connectivity index (χ2v) is 4.70. The van der Waals surface area contributed by atoms with Crippen LogP contribution in [0.3, 0.4) is 0 Å². The topological polar surface area (TPSA) is 47.9 Å². The monoisotopic (exact) mass is 281 g/mol. The summed E-state index contributed by atoms with van der Waals surface area (Å²) in [6, 6.07) is 4.78. The van der Waals surface area contributed by atoms with Crippen molar-refractivity contribution in [2.24, 2.45) is 0 Å². The molecular weight excluding hydrogens is 269 g/mol. The van der Waals surface area contributed by atoms with E-state index in [1.54, 1.807) is 12.1 Å². The summed E-state index contributed by atoms with van der Waals surface area (Å²) >= 11 is 5.81. The molecular formula is C13H13ClFN3O. The van der Waals surface area contributed by atoms with Gasteiger partial charge in [-0.15, -0.1) is 0 Å². The molecule has 100 valence electrons. The highest BCUT2D eigenvalue weighted by molar-refractivity contribution is 6.28. The highest BCUT2D eigenvalue weighted by Gasteiger charge is 2.13. The number of hydrogen-bond donors (Lipinski definition) is 0. The summed E-state index contributed by atoms with van der Waals surface area (Å²) in [6.45, 7) is 5.53. The number of rotatable bonds is 3. The first-order chi connectivity index (χ1) is 8.95. The zero-order valence-corrected chi connectivity index (χ0v) is 11.6. The standard InChI is InChI=1S/C13H13ClFN3O/c1-7(2)19-13-17-11(16-12(14)18-13)9-6-8(3)4-5-10(9)15/h4-7H,1-3H3. The highest BCUT2D eigenvalue weighted by atomic mass is 35.5. The van der Waals surface area contributed by atoms with Crippen molar-refractivity contribution in [2.45, 2.75) is 26.9 Å². The largest absolute Gasteiger partial charge is 0.461 e. The molecule has 6 heteroatoms. The van der Waals surface area contributed by atoms with Crippen molar-refractivity contribution in [1.82, 2.24) is 15.0 Å². The Morgan fingerprint density at radius 3 is 2.63 bits per heavy atom. The summed E-state index contributed by atoms with van der Waals surface area (Å²) in [5.74, 6) is -0.250. The summed E-state index contributed by atoms with van der Waals surface area (Å²) < 4.78 is 19.2. The quantitative estimate of drug-likeness (QED) is 0.865. The fourth-order valence-electron chi connectivity index (χ4n) is 1.53. The lowest BCUT2D eigenvalue weighted by Gasteiger charge is -2.09. The maximum absolute atomic E-state index is 13.8. The first kappa shape index (κ1) is 13.7. The smallest absolute Gasteiger partial charge is 0.321 e. The number of aryl methyl sites for hydroxylation is 1. The van der Waals surface area contributed by atoms with Gasteiger partial charge in [-0.1, -0.05) is 11.6 Å². The van der Waals surface area contributed by atoms with Gasteiger partial charge in [-0.2, -0.15) is 15.0 Å². The Morgan fingerprint density at radius 2 is 1.95 bits per heavy atom. The molecule has 0 atom stereocenters. The minimum atomic E-state index is -0.414. The van der Waals surface area contributed by atoms with Gasteiger partial charge < -0.3 is 4.74 Å². The van der Waals surface area contributed by atoms with Gasteiger partial charge in [0.25, 0.3) is 0 Å². The van der Waals surface area contributed by atoms with Crippen LogP contribution in [-0.4, -0.2) is 21.1 Å². The highest BCUT2D eigenvalue weighted by Crippen LogP contribution is 2.23. The molecule has 1 heterocycles. The van der Waals surface area contributed by atoms with Gasteiger partial charge in [-0.25, -0.2) is 4.39 Å². The van der Waals surface area contributed by atoms with Crippen molar-refractivity contribution in [3.05, 3.63) is 34.9 Å². The van der Waals surface area contributed by atoms with Crippen LogP contribution in [0, 0.1) is 12.7 Å². The summed E-state index contributed by atoms with van der Waals surface area (Å²) in [7, 11) is 0. The number of aromatic nitrogens is 3. The Hall–Kier alpha value is -1.75. The molecule has 0 unspecified atom stereocenters. The van der Waals surface area contributed by atoms with Crippen LogP contribution >= 0.6 is 11.6 Å². The van der Waals surface area contributed by atoms with Crippen LogP contribution < -0.4 is 4.74 Å². The molecule has 0 amide bonds. The molecule has 4 nitrogen and oxygen atoms in total. The Bertz CT molecular complexity index is 604. The van der Waals surface area contributed by atoms with Crippen LogP contribution in [0.5, 0.6) is 6.01 Å². The second-order valence-electron chi connectivity index (χ2n) is 4.36. The molecule has 1 aromatic heterocycles. The first-order valence-electron chi connectivity index (χ1n) is 5.80. The Kier molecular flexibility index (Phi) is 3.95. The predicted octanol–water partition coefficient (Wildman–Crippen LogP) is 3.43. The third-order valence-electron chi connectivity index (χ3n) is 2.29. The Balaban J connectivity index is 2.49. The van der Waals surface area contributed by atoms with Gasteiger partial charge in [0.1, 0.15) is 5.82 Å². The number of nitrogens with zero attached hydrogens (tertiary/aromatic N) is 3. The summed E-state index contributed by atoms with van der Waals surface area (Å²) in [5, 5.41) is -0.0263. The molecule has 1 aromatic carbocycles. The zero-order chi connectivity index (χ0) is 14.0. The summed E-state index contributed by atoms with van der Waals surface area (Å²) in [4.78, 5) is 11.9. The maximum atomic E-state index is 13.8. The predicted molar refractivity (Wildman–Crippen MR) is 70.7 cm³/mol. The van der Waals surface area contributed by atoms with E-state index in [1.807, 2.05) is 20.8 Å². The lowest BCUT2D eigenvalue weighted by atomic mass is 10.1. The molecule has 0 saturated carbocycles. The van der Waals surface area contributed by atoms with Gasteiger partial charge in [0.05, 0.1) is 11.7 Å². The third kappa shape index (κ3) is 3.38. The fourth-order valence-corrected chi connectivity index (χ4v) is 1.68. The van der Waals surface area contributed by atoms with Crippen molar-refractivity contribution in [2.75, 3.05) is 0 Å². The van der Waals surface area contributed by atoms with Crippen LogP contribution in [0.25, 0.3) is 11.4 Å². The van der Waals surface area contributed by atoms with Gasteiger partial charge in [-0.3, -0.25) is 0 Å². The summed E-state index contributed by atoms with van der Waals surface area (Å²) in [6.07, 6.45) is -0.103. The molecule has 2 rings (SSSR count). The molecule has 0 aliphatic carbocycles. The van der Waals surface area contributed by atoms with E-state index in [4.69, 9.17) is 16.3 Å². The number of halogens is 2. The van der Waals surface area contributed by atoms with Crippen molar-refractivity contribution >= 4 is 11.6 Å². The van der Waals surface area contributed by atoms with E-state index in [-0.39, 0.29) is 28.8 Å². The molecule has 19 heavy (non-hydrogen) atoms. The molecule has 0 spiro atoms. The molecule has 0 saturated heterocycles. The second kappa shape index (κ2) is 5.48. The zero-order valence-electron chi connectivity index (χ0n) is 10.8. The van der Waals surface area contributed by atoms with Crippen LogP contribution in [-0.2, 0) is 0 Å². The average molecular weight is 282 g/mol. The van der Waals surface area contributed by atoms with E-state index >= 15 is 0 Å². The van der Waals surface area contributed by atoms with Crippen molar-refractivity contribution in [1.29, 1.82) is 0 Å². The lowest BCUT2D eigenvalue weighted by molar-refractivity contribution is 0.222. The van der Waals surface area contributed by atoms with Crippen LogP contribution in [0.15, 0.2) is 18.2 Å². The maximum Gasteiger partial charge on any atom is 0.321 e. The SMILES string of the molecule is Cc1ccc(F)c(-c2nc(Cl)nc(OC(C)C)n2)c1. The van der Waals surface area contributed by atoms with E-state index in [0.29, 0.717) is 0 Å². The fraction of sp³-hybridized carbons (Fsp3) is 0.308. The molecule has 0 N–H and O–H groups in total. The van der Waals surface area contributed by atoms with E-state index < -0.39 is 5.82 Å². The van der Waals surface area contributed by atoms with Crippen molar-refractivity contribution in [3.63, 3.8) is 0 Å². The average Bonchev–Trinajstić information content (AvgIpc) is 2.30. The van der Waals surface area contributed by atoms with Crippen LogP contribution in [0.1, 0.15) is 19.4 Å². The minimum Gasteiger partial charge on any atom is -0.461 e. The molecule has 0 aliphatic rings. The first-order valence-corrected chi connectivity index (χ1v) is 6.18. The Labute approximate surface area is 115 Å². The molecule has 0 radical (unpaired) electrons. The normalized spacial score (nSPS) is 10.8. The van der Waals surface area contributed by atoms with Crippen molar-refractivity contribution in [3.8, 4) is 17.4 Å². The number of ether oxygens (including phenoxy) is 1. The van der Waals surface area contributed by atoms with Crippen LogP contribution in [0.2, 0.25) is 5.28 Å². The van der Waals surface area contributed by atoms with E-state index in [9.17, 15) is 4.39 Å². The number of hydrogen-bond acceptors (Lipinski definition) is 4. The Morgan fingerprint density at radius 1 is 1.21 bits per heavy atom. The van der Waals surface area contributed by atoms with Gasteiger partial charge in [0.15, 0.2) is 5.82 Å². The minimum absolute atomic E-state index is 0.0263. The molecule has 0 fully saturated rings. The van der Waals surface area contributed by atoms with E-state index in [2.05, 4.69) is 15.0 Å². The molecule has 0 aliphatic heterocycles. The number of benzene rings is 1. The van der Waals surface area contributed by atoms with Gasteiger partial charge in [0, 0.05) is 0 Å². The third-order valence-corrected chi connectivity index (χ3v) is 2.46. The van der Waals surface area contributed by atoms with Gasteiger partial charge in [0.2, 0.25) is 5.28 Å². The lowest BCUT2D eigenvalue weighted by Crippen LogP contribution is -2.10. The van der Waals surface area contributed by atoms with Crippen LogP contribution in [0.4, 0.5) is 4.39 Å². The van der Waals surface area contributed by atoms with E-state index in [0.717, 1.165) is 5.56 Å².